The van der Waals surface area contributed by atoms with Crippen LogP contribution in [0, 0.1) is 0 Å². The second-order valence-electron chi connectivity index (χ2n) is 8.28. The summed E-state index contributed by atoms with van der Waals surface area (Å²) in [5.74, 6) is -0.0246. The lowest BCUT2D eigenvalue weighted by Crippen LogP contribution is -2.35. The Bertz CT molecular complexity index is 1120. The number of likely N-dealkylation sites (N-methyl/N-ethyl adjacent to an activating group) is 2. The van der Waals surface area contributed by atoms with Gasteiger partial charge in [0.25, 0.3) is 5.56 Å². The van der Waals surface area contributed by atoms with Gasteiger partial charge in [0.15, 0.2) is 0 Å². The van der Waals surface area contributed by atoms with Crippen LogP contribution in [0.5, 0.6) is 0 Å². The van der Waals surface area contributed by atoms with Crippen molar-refractivity contribution >= 4 is 33.3 Å². The molecule has 4 rings (SSSR count). The standard InChI is InChI=1S/C21H24N4O2.C3H8/c1-24(2)9-10-25(3)12-18(26)22-16-7-8-17-20-15(16)11-13-5-4-6-14(19(13)20)21(27)23-17;1-3-2/h4-8H,9-12H2,1-3H3,(H,22,26)(H,23,27);3H2,1-2H3. The number of rotatable bonds is 6. The highest BCUT2D eigenvalue weighted by molar-refractivity contribution is 6.14. The summed E-state index contributed by atoms with van der Waals surface area (Å²) < 4.78 is 0. The van der Waals surface area contributed by atoms with Gasteiger partial charge in [-0.2, -0.15) is 0 Å². The van der Waals surface area contributed by atoms with E-state index in [0.717, 1.165) is 52.6 Å². The molecule has 1 aliphatic rings. The summed E-state index contributed by atoms with van der Waals surface area (Å²) in [4.78, 5) is 31.9. The van der Waals surface area contributed by atoms with E-state index in [1.165, 1.54) is 6.42 Å². The molecule has 0 fully saturated rings. The van der Waals surface area contributed by atoms with Crippen LogP contribution in [0.4, 0.5) is 5.69 Å². The zero-order valence-electron chi connectivity index (χ0n) is 18.6. The lowest BCUT2D eigenvalue weighted by atomic mass is 10.1. The summed E-state index contributed by atoms with van der Waals surface area (Å²) in [6, 6.07) is 9.61. The third kappa shape index (κ3) is 4.55. The number of pyridine rings is 1. The molecule has 0 aliphatic heterocycles. The molecule has 0 saturated heterocycles. The first-order valence-electron chi connectivity index (χ1n) is 10.6. The third-order valence-corrected chi connectivity index (χ3v) is 5.19. The van der Waals surface area contributed by atoms with Crippen molar-refractivity contribution in [2.75, 3.05) is 46.1 Å². The highest BCUT2D eigenvalue weighted by Gasteiger charge is 2.22. The van der Waals surface area contributed by atoms with Gasteiger partial charge in [-0.3, -0.25) is 14.5 Å². The van der Waals surface area contributed by atoms with Crippen molar-refractivity contribution in [2.45, 2.75) is 26.7 Å². The van der Waals surface area contributed by atoms with E-state index in [1.54, 1.807) is 0 Å². The minimum atomic E-state index is -0.0634. The van der Waals surface area contributed by atoms with Crippen LogP contribution in [0.15, 0.2) is 35.1 Å². The molecule has 1 aromatic heterocycles. The highest BCUT2D eigenvalue weighted by Crippen LogP contribution is 2.39. The molecule has 2 N–H and O–H groups in total. The maximum absolute atomic E-state index is 12.5. The number of anilines is 1. The molecule has 0 spiro atoms. The lowest BCUT2D eigenvalue weighted by Gasteiger charge is -2.19. The van der Waals surface area contributed by atoms with Crippen LogP contribution in [0.25, 0.3) is 21.7 Å². The predicted molar refractivity (Wildman–Crippen MR) is 126 cm³/mol. The number of hydrogen-bond donors (Lipinski definition) is 2. The van der Waals surface area contributed by atoms with Gasteiger partial charge >= 0.3 is 0 Å². The predicted octanol–water partition coefficient (Wildman–Crippen LogP) is 3.43. The summed E-state index contributed by atoms with van der Waals surface area (Å²) in [5.41, 5.74) is 3.82. The fraction of sp³-hybridized carbons (Fsp3) is 0.417. The van der Waals surface area contributed by atoms with Gasteiger partial charge < -0.3 is 15.2 Å². The van der Waals surface area contributed by atoms with E-state index >= 15 is 0 Å². The number of carbonyl (C=O) groups excluding carboxylic acids is 1. The Morgan fingerprint density at radius 3 is 2.50 bits per heavy atom. The lowest BCUT2D eigenvalue weighted by molar-refractivity contribution is -0.117. The summed E-state index contributed by atoms with van der Waals surface area (Å²) in [5, 5.41) is 5.86. The normalized spacial score (nSPS) is 12.1. The number of nitrogens with zero attached hydrogens (tertiary/aromatic N) is 2. The second kappa shape index (κ2) is 9.41. The first kappa shape index (κ1) is 22.0. The number of carbonyl (C=O) groups is 1. The largest absolute Gasteiger partial charge is 0.325 e. The van der Waals surface area contributed by atoms with Crippen molar-refractivity contribution in [3.05, 3.63) is 51.8 Å². The Hall–Kier alpha value is -2.70. The average molecular weight is 409 g/mol. The summed E-state index contributed by atoms with van der Waals surface area (Å²) in [6.45, 7) is 6.34. The van der Waals surface area contributed by atoms with E-state index in [4.69, 9.17) is 0 Å². The second-order valence-corrected chi connectivity index (χ2v) is 8.28. The topological polar surface area (TPSA) is 68.4 Å². The van der Waals surface area contributed by atoms with Crippen molar-refractivity contribution in [3.63, 3.8) is 0 Å². The number of aromatic nitrogens is 1. The van der Waals surface area contributed by atoms with Gasteiger partial charge in [0, 0.05) is 46.9 Å². The summed E-state index contributed by atoms with van der Waals surface area (Å²) in [6.07, 6.45) is 1.98. The molecule has 6 nitrogen and oxygen atoms in total. The van der Waals surface area contributed by atoms with Gasteiger partial charge in [0.05, 0.1) is 6.54 Å². The number of amides is 1. The fourth-order valence-electron chi connectivity index (χ4n) is 3.83. The Morgan fingerprint density at radius 2 is 1.80 bits per heavy atom. The minimum absolute atomic E-state index is 0.0246. The maximum Gasteiger partial charge on any atom is 0.256 e. The number of H-pyrrole nitrogens is 1. The Morgan fingerprint density at radius 1 is 1.07 bits per heavy atom. The fourth-order valence-corrected chi connectivity index (χ4v) is 3.83. The van der Waals surface area contributed by atoms with E-state index < -0.39 is 0 Å². The van der Waals surface area contributed by atoms with Crippen LogP contribution >= 0.6 is 0 Å². The van der Waals surface area contributed by atoms with Crippen LogP contribution in [0.3, 0.4) is 0 Å². The number of nitrogens with one attached hydrogen (secondary N) is 2. The first-order valence-corrected chi connectivity index (χ1v) is 10.6. The third-order valence-electron chi connectivity index (χ3n) is 5.19. The monoisotopic (exact) mass is 408 g/mol. The van der Waals surface area contributed by atoms with Crippen LogP contribution in [-0.4, -0.2) is 61.5 Å². The summed E-state index contributed by atoms with van der Waals surface area (Å²) >= 11 is 0. The van der Waals surface area contributed by atoms with E-state index in [-0.39, 0.29) is 11.5 Å². The number of hydrogen-bond acceptors (Lipinski definition) is 4. The molecular formula is C24H32N4O2. The van der Waals surface area contributed by atoms with Crippen molar-refractivity contribution in [1.29, 1.82) is 0 Å². The molecular weight excluding hydrogens is 376 g/mol. The van der Waals surface area contributed by atoms with Crippen LogP contribution < -0.4 is 10.9 Å². The Kier molecular flexibility index (Phi) is 6.90. The molecule has 0 radical (unpaired) electrons. The zero-order valence-corrected chi connectivity index (χ0v) is 18.6. The van der Waals surface area contributed by atoms with Crippen LogP contribution in [0.1, 0.15) is 31.4 Å². The minimum Gasteiger partial charge on any atom is -0.325 e. The molecule has 1 heterocycles. The Balaban J connectivity index is 0.000000806. The maximum atomic E-state index is 12.5. The zero-order chi connectivity index (χ0) is 21.8. The molecule has 3 aromatic rings. The van der Waals surface area contributed by atoms with Gasteiger partial charge in [-0.1, -0.05) is 32.4 Å². The van der Waals surface area contributed by atoms with Gasteiger partial charge in [0.2, 0.25) is 5.91 Å². The van der Waals surface area contributed by atoms with Crippen molar-refractivity contribution in [2.24, 2.45) is 0 Å². The van der Waals surface area contributed by atoms with E-state index in [9.17, 15) is 9.59 Å². The van der Waals surface area contributed by atoms with Crippen molar-refractivity contribution in [1.82, 2.24) is 14.8 Å². The highest BCUT2D eigenvalue weighted by atomic mass is 16.2. The van der Waals surface area contributed by atoms with E-state index in [1.807, 2.05) is 50.3 Å². The van der Waals surface area contributed by atoms with Crippen molar-refractivity contribution in [3.8, 4) is 0 Å². The molecule has 0 atom stereocenters. The SMILES string of the molecule is CCC.CN(C)CCN(C)CC(=O)Nc1ccc2[nH]c(=O)c3cccc4c3c2c1C4. The quantitative estimate of drug-likeness (QED) is 0.480. The molecule has 0 saturated carbocycles. The average Bonchev–Trinajstić information content (AvgIpc) is 3.09. The van der Waals surface area contributed by atoms with E-state index in [2.05, 4.69) is 35.1 Å². The molecule has 160 valence electrons. The Labute approximate surface area is 177 Å². The van der Waals surface area contributed by atoms with Gasteiger partial charge in [0.1, 0.15) is 0 Å². The molecule has 1 amide bonds. The van der Waals surface area contributed by atoms with Crippen molar-refractivity contribution < 1.29 is 4.79 Å². The van der Waals surface area contributed by atoms with Crippen LogP contribution in [-0.2, 0) is 11.2 Å². The molecule has 1 aliphatic carbocycles. The number of aromatic amines is 1. The van der Waals surface area contributed by atoms with E-state index in [0.29, 0.717) is 11.9 Å². The molecule has 30 heavy (non-hydrogen) atoms. The van der Waals surface area contributed by atoms with Gasteiger partial charge in [-0.25, -0.2) is 0 Å². The van der Waals surface area contributed by atoms with Gasteiger partial charge in [-0.15, -0.1) is 0 Å². The molecule has 0 bridgehead atoms. The molecule has 2 aromatic carbocycles. The molecule has 0 unspecified atom stereocenters. The summed E-state index contributed by atoms with van der Waals surface area (Å²) in [7, 11) is 5.99. The van der Waals surface area contributed by atoms with Gasteiger partial charge in [-0.05, 0) is 50.5 Å². The first-order chi connectivity index (χ1) is 14.3. The smallest absolute Gasteiger partial charge is 0.256 e. The molecule has 6 heteroatoms. The number of benzene rings is 2. The van der Waals surface area contributed by atoms with Crippen LogP contribution in [0.2, 0.25) is 0 Å².